The van der Waals surface area contributed by atoms with Crippen LogP contribution >= 0.6 is 0 Å². The van der Waals surface area contributed by atoms with Gasteiger partial charge in [0.15, 0.2) is 0 Å². The van der Waals surface area contributed by atoms with Crippen LogP contribution in [0.3, 0.4) is 0 Å². The van der Waals surface area contributed by atoms with Crippen molar-refractivity contribution in [1.82, 2.24) is 0 Å². The molecular weight excluding hydrogens is 328 g/mol. The zero-order valence-electron chi connectivity index (χ0n) is 15.1. The van der Waals surface area contributed by atoms with Crippen LogP contribution < -0.4 is 0 Å². The molecular formula is C22H26O4. The molecule has 0 aromatic heterocycles. The second-order valence-electron chi connectivity index (χ2n) is 7.68. The molecule has 1 heterocycles. The Labute approximate surface area is 154 Å². The molecule has 3 N–H and O–H groups in total. The van der Waals surface area contributed by atoms with Gasteiger partial charge < -0.3 is 20.1 Å². The average molecular weight is 354 g/mol. The lowest BCUT2D eigenvalue weighted by atomic mass is 9.86. The molecule has 2 aromatic carbocycles. The summed E-state index contributed by atoms with van der Waals surface area (Å²) >= 11 is 0. The maximum Gasteiger partial charge on any atom is 0.124 e. The predicted molar refractivity (Wildman–Crippen MR) is 99.4 cm³/mol. The molecule has 4 rings (SSSR count). The summed E-state index contributed by atoms with van der Waals surface area (Å²) in [5.74, 6) is 0.224. The lowest BCUT2D eigenvalue weighted by Gasteiger charge is -2.33. The topological polar surface area (TPSA) is 69.9 Å². The van der Waals surface area contributed by atoms with Gasteiger partial charge in [-0.3, -0.25) is 0 Å². The Morgan fingerprint density at radius 1 is 1.04 bits per heavy atom. The highest BCUT2D eigenvalue weighted by Gasteiger charge is 2.31. The minimum atomic E-state index is -0.526. The number of hydrogen-bond acceptors (Lipinski definition) is 4. The number of phenolic OH excluding ortho intramolecular Hbond substituents is 1. The number of aliphatic hydroxyl groups excluding tert-OH is 2. The second-order valence-corrected chi connectivity index (χ2v) is 7.68. The third-order valence-electron chi connectivity index (χ3n) is 5.66. The van der Waals surface area contributed by atoms with Gasteiger partial charge in [0.05, 0.1) is 24.9 Å². The van der Waals surface area contributed by atoms with Gasteiger partial charge in [-0.2, -0.15) is 0 Å². The van der Waals surface area contributed by atoms with Gasteiger partial charge in [0.25, 0.3) is 0 Å². The molecule has 1 aliphatic heterocycles. The van der Waals surface area contributed by atoms with Crippen molar-refractivity contribution in [2.24, 2.45) is 0 Å². The SMILES string of the molecule is Cc1cc(Cc2ccc3c(c2)CC3)cc(C2CC(O)CC(CO)O2)c1O. The molecule has 0 spiro atoms. The minimum Gasteiger partial charge on any atom is -0.507 e. The summed E-state index contributed by atoms with van der Waals surface area (Å²) in [6, 6.07) is 10.7. The summed E-state index contributed by atoms with van der Waals surface area (Å²) in [4.78, 5) is 0. The third-order valence-corrected chi connectivity index (χ3v) is 5.66. The van der Waals surface area contributed by atoms with Crippen molar-refractivity contribution in [2.75, 3.05) is 6.61 Å². The van der Waals surface area contributed by atoms with E-state index in [1.807, 2.05) is 19.1 Å². The third kappa shape index (κ3) is 3.37. The Hall–Kier alpha value is -1.88. The van der Waals surface area contributed by atoms with E-state index in [1.165, 1.54) is 29.5 Å². The first-order valence-corrected chi connectivity index (χ1v) is 9.41. The largest absolute Gasteiger partial charge is 0.507 e. The fraction of sp³-hybridized carbons (Fsp3) is 0.455. The molecule has 26 heavy (non-hydrogen) atoms. The number of rotatable bonds is 4. The van der Waals surface area contributed by atoms with Gasteiger partial charge in [-0.15, -0.1) is 0 Å². The quantitative estimate of drug-likeness (QED) is 0.789. The van der Waals surface area contributed by atoms with Crippen LogP contribution in [0.1, 0.15) is 52.3 Å². The Bertz CT molecular complexity index is 814. The molecule has 2 aromatic rings. The van der Waals surface area contributed by atoms with E-state index in [-0.39, 0.29) is 18.5 Å². The standard InChI is InChI=1S/C22H26O4/c1-13-6-15(7-14-2-3-16-4-5-17(16)8-14)9-20(22(13)25)21-11-18(24)10-19(12-23)26-21/h2-3,6,8-9,18-19,21,23-25H,4-5,7,10-12H2,1H3. The Morgan fingerprint density at radius 2 is 1.85 bits per heavy atom. The van der Waals surface area contributed by atoms with E-state index >= 15 is 0 Å². The van der Waals surface area contributed by atoms with Crippen molar-refractivity contribution in [3.63, 3.8) is 0 Å². The highest BCUT2D eigenvalue weighted by Crippen LogP contribution is 2.38. The highest BCUT2D eigenvalue weighted by atomic mass is 16.5. The summed E-state index contributed by atoms with van der Waals surface area (Å²) in [6.07, 6.45) is 2.71. The lowest BCUT2D eigenvalue weighted by molar-refractivity contribution is -0.114. The molecule has 0 bridgehead atoms. The molecule has 1 aliphatic carbocycles. The normalized spacial score (nSPS) is 24.8. The second kappa shape index (κ2) is 7.03. The zero-order chi connectivity index (χ0) is 18.3. The van der Waals surface area contributed by atoms with E-state index in [9.17, 15) is 15.3 Å². The first-order chi connectivity index (χ1) is 12.5. The van der Waals surface area contributed by atoms with Crippen LogP contribution in [0, 0.1) is 6.92 Å². The zero-order valence-corrected chi connectivity index (χ0v) is 15.1. The van der Waals surface area contributed by atoms with Gasteiger partial charge in [-0.1, -0.05) is 24.3 Å². The summed E-state index contributed by atoms with van der Waals surface area (Å²) < 4.78 is 5.91. The Morgan fingerprint density at radius 3 is 2.54 bits per heavy atom. The van der Waals surface area contributed by atoms with Crippen molar-refractivity contribution < 1.29 is 20.1 Å². The van der Waals surface area contributed by atoms with Crippen LogP contribution in [0.5, 0.6) is 5.75 Å². The number of benzene rings is 2. The Kier molecular flexibility index (Phi) is 4.74. The predicted octanol–water partition coefficient (Wildman–Crippen LogP) is 2.96. The van der Waals surface area contributed by atoms with Crippen LogP contribution in [0.4, 0.5) is 0 Å². The maximum absolute atomic E-state index is 10.6. The van der Waals surface area contributed by atoms with E-state index in [1.54, 1.807) is 0 Å². The van der Waals surface area contributed by atoms with Gasteiger partial charge in [-0.05, 0) is 60.1 Å². The first-order valence-electron chi connectivity index (χ1n) is 9.41. The van der Waals surface area contributed by atoms with Gasteiger partial charge in [-0.25, -0.2) is 0 Å². The van der Waals surface area contributed by atoms with Crippen molar-refractivity contribution in [3.05, 3.63) is 63.7 Å². The van der Waals surface area contributed by atoms with Crippen LogP contribution in [0.2, 0.25) is 0 Å². The van der Waals surface area contributed by atoms with Gasteiger partial charge in [0.2, 0.25) is 0 Å². The number of phenols is 1. The molecule has 4 nitrogen and oxygen atoms in total. The van der Waals surface area contributed by atoms with Gasteiger partial charge >= 0.3 is 0 Å². The molecule has 1 fully saturated rings. The molecule has 0 saturated carbocycles. The van der Waals surface area contributed by atoms with Crippen LogP contribution in [0.15, 0.2) is 30.3 Å². The van der Waals surface area contributed by atoms with E-state index in [4.69, 9.17) is 4.74 Å². The van der Waals surface area contributed by atoms with E-state index < -0.39 is 12.2 Å². The van der Waals surface area contributed by atoms with E-state index in [2.05, 4.69) is 18.2 Å². The molecule has 4 heteroatoms. The smallest absolute Gasteiger partial charge is 0.124 e. The highest BCUT2D eigenvalue weighted by molar-refractivity contribution is 5.47. The summed E-state index contributed by atoms with van der Waals surface area (Å²) in [6.45, 7) is 1.77. The van der Waals surface area contributed by atoms with Crippen molar-refractivity contribution in [3.8, 4) is 5.75 Å². The first kappa shape index (κ1) is 17.5. The molecule has 2 aliphatic rings. The van der Waals surface area contributed by atoms with Crippen LogP contribution in [-0.4, -0.2) is 34.1 Å². The summed E-state index contributed by atoms with van der Waals surface area (Å²) in [7, 11) is 0. The molecule has 0 radical (unpaired) electrons. The maximum atomic E-state index is 10.6. The number of fused-ring (bicyclic) bond motifs is 1. The fourth-order valence-electron chi connectivity index (χ4n) is 4.13. The summed E-state index contributed by atoms with van der Waals surface area (Å²) in [5.41, 5.74) is 6.82. The molecule has 1 saturated heterocycles. The molecule has 3 atom stereocenters. The monoisotopic (exact) mass is 354 g/mol. The number of aromatic hydroxyl groups is 1. The fourth-order valence-corrected chi connectivity index (χ4v) is 4.13. The number of aliphatic hydroxyl groups is 2. The van der Waals surface area contributed by atoms with Gasteiger partial charge in [0, 0.05) is 18.4 Å². The molecule has 3 unspecified atom stereocenters. The molecule has 138 valence electrons. The van der Waals surface area contributed by atoms with Crippen LogP contribution in [0.25, 0.3) is 0 Å². The summed E-state index contributed by atoms with van der Waals surface area (Å²) in [5, 5.41) is 30.1. The van der Waals surface area contributed by atoms with E-state index in [0.29, 0.717) is 18.4 Å². The average Bonchev–Trinajstić information content (AvgIpc) is 2.59. The number of hydrogen-bond donors (Lipinski definition) is 3. The van der Waals surface area contributed by atoms with Crippen molar-refractivity contribution in [2.45, 2.75) is 57.3 Å². The number of aryl methyl sites for hydroxylation is 3. The van der Waals surface area contributed by atoms with E-state index in [0.717, 1.165) is 17.5 Å². The van der Waals surface area contributed by atoms with Crippen molar-refractivity contribution >= 4 is 0 Å². The lowest BCUT2D eigenvalue weighted by Crippen LogP contribution is -2.33. The molecule has 0 amide bonds. The van der Waals surface area contributed by atoms with Gasteiger partial charge in [0.1, 0.15) is 5.75 Å². The Balaban J connectivity index is 1.61. The minimum absolute atomic E-state index is 0.123. The van der Waals surface area contributed by atoms with Crippen molar-refractivity contribution in [1.29, 1.82) is 0 Å². The number of ether oxygens (including phenoxy) is 1. The van der Waals surface area contributed by atoms with Crippen LogP contribution in [-0.2, 0) is 24.0 Å².